The van der Waals surface area contributed by atoms with E-state index in [0.717, 1.165) is 0 Å². The highest BCUT2D eigenvalue weighted by Gasteiger charge is 2.42. The highest BCUT2D eigenvalue weighted by Crippen LogP contribution is 2.12. The molecule has 0 aliphatic carbocycles. The van der Waals surface area contributed by atoms with Crippen LogP contribution in [0.25, 0.3) is 0 Å². The lowest BCUT2D eigenvalue weighted by Crippen LogP contribution is -2.52. The Morgan fingerprint density at radius 1 is 1.64 bits per heavy atom. The van der Waals surface area contributed by atoms with Gasteiger partial charge >= 0.3 is 5.97 Å². The van der Waals surface area contributed by atoms with Crippen LogP contribution in [-0.4, -0.2) is 44.7 Å². The van der Waals surface area contributed by atoms with Gasteiger partial charge in [0.05, 0.1) is 12.7 Å². The first-order valence-electron chi connectivity index (χ1n) is 3.23. The van der Waals surface area contributed by atoms with E-state index in [0.29, 0.717) is 0 Å². The zero-order valence-electron chi connectivity index (χ0n) is 6.19. The van der Waals surface area contributed by atoms with Crippen molar-refractivity contribution in [3.63, 3.8) is 0 Å². The van der Waals surface area contributed by atoms with E-state index < -0.39 is 24.3 Å². The molecule has 66 valence electrons. The molecule has 0 saturated carbocycles. The van der Waals surface area contributed by atoms with Gasteiger partial charge in [-0.15, -0.1) is 0 Å². The second-order valence-electron chi connectivity index (χ2n) is 2.31. The number of carbonyl (C=O) groups is 1. The molecule has 2 unspecified atom stereocenters. The van der Waals surface area contributed by atoms with Crippen molar-refractivity contribution >= 4 is 5.97 Å². The van der Waals surface area contributed by atoms with Gasteiger partial charge in [0.2, 0.25) is 5.60 Å². The summed E-state index contributed by atoms with van der Waals surface area (Å²) in [5.74, 6) is -1.62. The van der Waals surface area contributed by atoms with Crippen molar-refractivity contribution in [2.75, 3.05) is 6.61 Å². The molecule has 0 aromatic heterocycles. The molecule has 4 N–H and O–H groups in total. The van der Waals surface area contributed by atoms with Crippen LogP contribution in [0, 0.1) is 0 Å². The van der Waals surface area contributed by atoms with Gasteiger partial charge in [0.15, 0.2) is 0 Å². The van der Waals surface area contributed by atoms with Gasteiger partial charge in [0.1, 0.15) is 0 Å². The molecular formula is C6H12O5. The highest BCUT2D eigenvalue weighted by molar-refractivity contribution is 5.78. The molecule has 5 nitrogen and oxygen atoms in total. The van der Waals surface area contributed by atoms with E-state index in [1.807, 2.05) is 0 Å². The summed E-state index contributed by atoms with van der Waals surface area (Å²) in [4.78, 5) is 10.3. The summed E-state index contributed by atoms with van der Waals surface area (Å²) in [5, 5.41) is 34.9. The van der Waals surface area contributed by atoms with E-state index >= 15 is 0 Å². The van der Waals surface area contributed by atoms with Crippen molar-refractivity contribution in [1.82, 2.24) is 0 Å². The molecule has 11 heavy (non-hydrogen) atoms. The van der Waals surface area contributed by atoms with Crippen LogP contribution in [0.2, 0.25) is 0 Å². The largest absolute Gasteiger partial charge is 0.479 e. The molecule has 0 heterocycles. The smallest absolute Gasteiger partial charge is 0.340 e. The van der Waals surface area contributed by atoms with Gasteiger partial charge in [-0.3, -0.25) is 0 Å². The number of rotatable bonds is 4. The third-order valence-corrected chi connectivity index (χ3v) is 1.55. The average Bonchev–Trinajstić information content (AvgIpc) is 2.01. The molecule has 0 amide bonds. The second-order valence-corrected chi connectivity index (χ2v) is 2.31. The molecule has 0 bridgehead atoms. The minimum absolute atomic E-state index is 0.0728. The number of aliphatic carboxylic acids is 1. The fraction of sp³-hybridized carbons (Fsp3) is 0.833. The predicted octanol–water partition coefficient (Wildman–Crippen LogP) is -1.43. The monoisotopic (exact) mass is 164 g/mol. The minimum atomic E-state index is -2.42. The normalized spacial score (nSPS) is 18.9. The van der Waals surface area contributed by atoms with Crippen molar-refractivity contribution in [3.05, 3.63) is 0 Å². The zero-order valence-corrected chi connectivity index (χ0v) is 6.19. The van der Waals surface area contributed by atoms with Crippen LogP contribution in [0.1, 0.15) is 13.3 Å². The quantitative estimate of drug-likeness (QED) is 0.408. The van der Waals surface area contributed by atoms with Crippen LogP contribution >= 0.6 is 0 Å². The Bertz CT molecular complexity index is 146. The summed E-state index contributed by atoms with van der Waals surface area (Å²) >= 11 is 0. The fourth-order valence-corrected chi connectivity index (χ4v) is 0.653. The molecule has 0 spiro atoms. The molecule has 0 aliphatic rings. The Morgan fingerprint density at radius 3 is 2.18 bits per heavy atom. The molecule has 0 aliphatic heterocycles. The van der Waals surface area contributed by atoms with Gasteiger partial charge < -0.3 is 20.4 Å². The van der Waals surface area contributed by atoms with Crippen LogP contribution in [0.15, 0.2) is 0 Å². The Balaban J connectivity index is 4.45. The molecule has 2 atom stereocenters. The van der Waals surface area contributed by atoms with Gasteiger partial charge in [-0.1, -0.05) is 6.92 Å². The maximum Gasteiger partial charge on any atom is 0.340 e. The summed E-state index contributed by atoms with van der Waals surface area (Å²) in [7, 11) is 0. The number of carboxylic acids is 1. The highest BCUT2D eigenvalue weighted by atomic mass is 16.4. The van der Waals surface area contributed by atoms with E-state index in [-0.39, 0.29) is 6.42 Å². The number of carboxylic acid groups (broad SMARTS) is 1. The standard InChI is InChI=1S/C6H12O5/c1-2-4(8)6(11,3-7)5(9)10/h4,7-8,11H,2-3H2,1H3,(H,9,10). The predicted molar refractivity (Wildman–Crippen MR) is 36.0 cm³/mol. The van der Waals surface area contributed by atoms with Crippen molar-refractivity contribution in [2.45, 2.75) is 25.0 Å². The molecule has 5 heteroatoms. The Morgan fingerprint density at radius 2 is 2.09 bits per heavy atom. The number of aliphatic hydroxyl groups excluding tert-OH is 2. The summed E-state index contributed by atoms with van der Waals surface area (Å²) in [5.41, 5.74) is -2.42. The van der Waals surface area contributed by atoms with E-state index in [2.05, 4.69) is 0 Å². The molecular weight excluding hydrogens is 152 g/mol. The number of hydrogen-bond donors (Lipinski definition) is 4. The average molecular weight is 164 g/mol. The SMILES string of the molecule is CCC(O)C(O)(CO)C(=O)O. The molecule has 0 rings (SSSR count). The maximum atomic E-state index is 10.3. The van der Waals surface area contributed by atoms with E-state index in [9.17, 15) is 4.79 Å². The van der Waals surface area contributed by atoms with E-state index in [4.69, 9.17) is 20.4 Å². The Labute approximate surface area is 63.9 Å². The number of aliphatic hydroxyl groups is 3. The zero-order chi connectivity index (χ0) is 9.07. The second kappa shape index (κ2) is 3.66. The first kappa shape index (κ1) is 10.3. The van der Waals surface area contributed by atoms with Crippen LogP contribution in [0.5, 0.6) is 0 Å². The van der Waals surface area contributed by atoms with Crippen molar-refractivity contribution in [2.24, 2.45) is 0 Å². The van der Waals surface area contributed by atoms with Crippen LogP contribution in [0.4, 0.5) is 0 Å². The summed E-state index contributed by atoms with van der Waals surface area (Å²) in [6.07, 6.45) is -1.37. The van der Waals surface area contributed by atoms with Gasteiger partial charge in [0, 0.05) is 0 Å². The summed E-state index contributed by atoms with van der Waals surface area (Å²) in [6.45, 7) is 0.519. The fourth-order valence-electron chi connectivity index (χ4n) is 0.653. The van der Waals surface area contributed by atoms with Gasteiger partial charge in [-0.25, -0.2) is 4.79 Å². The Kier molecular flexibility index (Phi) is 3.44. The van der Waals surface area contributed by atoms with Crippen LogP contribution in [0.3, 0.4) is 0 Å². The lowest BCUT2D eigenvalue weighted by Gasteiger charge is -2.25. The minimum Gasteiger partial charge on any atom is -0.479 e. The van der Waals surface area contributed by atoms with Crippen LogP contribution in [-0.2, 0) is 4.79 Å². The van der Waals surface area contributed by atoms with Gasteiger partial charge in [0.25, 0.3) is 0 Å². The third-order valence-electron chi connectivity index (χ3n) is 1.55. The molecule has 0 aromatic carbocycles. The van der Waals surface area contributed by atoms with E-state index in [1.165, 1.54) is 6.92 Å². The summed E-state index contributed by atoms with van der Waals surface area (Å²) in [6, 6.07) is 0. The topological polar surface area (TPSA) is 98.0 Å². The van der Waals surface area contributed by atoms with Gasteiger partial charge in [-0.2, -0.15) is 0 Å². The van der Waals surface area contributed by atoms with Crippen LogP contribution < -0.4 is 0 Å². The van der Waals surface area contributed by atoms with Gasteiger partial charge in [-0.05, 0) is 6.42 Å². The van der Waals surface area contributed by atoms with Crippen molar-refractivity contribution < 1.29 is 25.2 Å². The number of hydrogen-bond acceptors (Lipinski definition) is 4. The molecule has 0 fully saturated rings. The maximum absolute atomic E-state index is 10.3. The van der Waals surface area contributed by atoms with Crippen molar-refractivity contribution in [1.29, 1.82) is 0 Å². The first-order chi connectivity index (χ1) is 4.99. The Hall–Kier alpha value is -0.650. The molecule has 0 radical (unpaired) electrons. The lowest BCUT2D eigenvalue weighted by atomic mass is 9.96. The molecule has 0 saturated heterocycles. The van der Waals surface area contributed by atoms with Crippen molar-refractivity contribution in [3.8, 4) is 0 Å². The van der Waals surface area contributed by atoms with E-state index in [1.54, 1.807) is 0 Å². The first-order valence-corrected chi connectivity index (χ1v) is 3.23. The lowest BCUT2D eigenvalue weighted by molar-refractivity contribution is -0.178. The third kappa shape index (κ3) is 1.89. The summed E-state index contributed by atoms with van der Waals surface area (Å²) < 4.78 is 0. The molecule has 0 aromatic rings.